The Labute approximate surface area is 138 Å². The second kappa shape index (κ2) is 9.08. The smallest absolute Gasteiger partial charge is 0.302 e. The van der Waals surface area contributed by atoms with Crippen LogP contribution >= 0.6 is 0 Å². The summed E-state index contributed by atoms with van der Waals surface area (Å²) >= 11 is 0. The van der Waals surface area contributed by atoms with E-state index in [0.717, 1.165) is 49.9 Å². The van der Waals surface area contributed by atoms with Crippen LogP contribution in [0.4, 0.5) is 0 Å². The predicted octanol–water partition coefficient (Wildman–Crippen LogP) is 2.44. The lowest BCUT2D eigenvalue weighted by atomic mass is 9.87. The lowest BCUT2D eigenvalue weighted by Crippen LogP contribution is -2.32. The van der Waals surface area contributed by atoms with Gasteiger partial charge < -0.3 is 20.3 Å². The van der Waals surface area contributed by atoms with Gasteiger partial charge in [-0.1, -0.05) is 6.42 Å². The van der Waals surface area contributed by atoms with E-state index in [1.807, 2.05) is 6.08 Å². The lowest BCUT2D eigenvalue weighted by Gasteiger charge is -2.31. The van der Waals surface area contributed by atoms with E-state index in [4.69, 9.17) is 15.2 Å². The van der Waals surface area contributed by atoms with E-state index in [1.54, 1.807) is 0 Å². The summed E-state index contributed by atoms with van der Waals surface area (Å²) in [5, 5.41) is 10.1. The van der Waals surface area contributed by atoms with Crippen LogP contribution < -0.4 is 5.73 Å². The molecule has 0 aliphatic heterocycles. The Morgan fingerprint density at radius 2 is 2.22 bits per heavy atom. The molecule has 0 amide bonds. The van der Waals surface area contributed by atoms with Crippen LogP contribution in [0.2, 0.25) is 0 Å². The normalized spacial score (nSPS) is 26.0. The van der Waals surface area contributed by atoms with Crippen molar-refractivity contribution in [2.45, 2.75) is 64.1 Å². The van der Waals surface area contributed by atoms with Crippen molar-refractivity contribution in [2.75, 3.05) is 13.2 Å². The third-order valence-electron chi connectivity index (χ3n) is 4.60. The van der Waals surface area contributed by atoms with Crippen molar-refractivity contribution in [1.29, 1.82) is 0 Å². The van der Waals surface area contributed by atoms with Crippen LogP contribution in [0.3, 0.4) is 0 Å². The molecule has 0 bridgehead atoms. The fourth-order valence-corrected chi connectivity index (χ4v) is 3.34. The molecule has 3 N–H and O–H groups in total. The maximum atomic E-state index is 11.2. The summed E-state index contributed by atoms with van der Waals surface area (Å²) in [7, 11) is 0. The number of esters is 1. The molecular weight excluding hydrogens is 294 g/mol. The average molecular weight is 323 g/mol. The Morgan fingerprint density at radius 1 is 1.43 bits per heavy atom. The SMILES string of the molecule is CC(=O)O[C@@H]1CCCC[C@@H]1COC1=CCCC([C@H](O)CCN)=C1. The maximum absolute atomic E-state index is 11.2. The summed E-state index contributed by atoms with van der Waals surface area (Å²) in [4.78, 5) is 11.2. The molecule has 3 atom stereocenters. The zero-order valence-electron chi connectivity index (χ0n) is 14.0. The van der Waals surface area contributed by atoms with Crippen molar-refractivity contribution >= 4 is 5.97 Å². The fourth-order valence-electron chi connectivity index (χ4n) is 3.34. The van der Waals surface area contributed by atoms with Crippen LogP contribution in [-0.2, 0) is 14.3 Å². The molecule has 0 aromatic rings. The third kappa shape index (κ3) is 5.66. The van der Waals surface area contributed by atoms with E-state index in [0.29, 0.717) is 19.6 Å². The number of rotatable bonds is 7. The quantitative estimate of drug-likeness (QED) is 0.703. The molecule has 5 heteroatoms. The number of hydrogen-bond acceptors (Lipinski definition) is 5. The molecule has 0 aromatic carbocycles. The first-order valence-corrected chi connectivity index (χ1v) is 8.69. The van der Waals surface area contributed by atoms with Gasteiger partial charge in [-0.15, -0.1) is 0 Å². The number of aliphatic hydroxyl groups excluding tert-OH is 1. The molecule has 1 saturated carbocycles. The summed E-state index contributed by atoms with van der Waals surface area (Å²) in [6.07, 6.45) is 10.0. The van der Waals surface area contributed by atoms with E-state index in [1.165, 1.54) is 6.92 Å². The zero-order valence-corrected chi connectivity index (χ0v) is 14.0. The monoisotopic (exact) mass is 323 g/mol. The minimum Gasteiger partial charge on any atom is -0.493 e. The van der Waals surface area contributed by atoms with Gasteiger partial charge in [-0.25, -0.2) is 0 Å². The number of carbonyl (C=O) groups excluding carboxylic acids is 1. The van der Waals surface area contributed by atoms with Crippen LogP contribution in [0.1, 0.15) is 51.9 Å². The first-order valence-electron chi connectivity index (χ1n) is 8.69. The van der Waals surface area contributed by atoms with Gasteiger partial charge in [0, 0.05) is 12.8 Å². The number of aliphatic hydroxyl groups is 1. The molecule has 0 heterocycles. The molecule has 2 aliphatic rings. The van der Waals surface area contributed by atoms with Crippen molar-refractivity contribution in [2.24, 2.45) is 11.7 Å². The largest absolute Gasteiger partial charge is 0.493 e. The van der Waals surface area contributed by atoms with E-state index < -0.39 is 6.10 Å². The molecule has 0 unspecified atom stereocenters. The highest BCUT2D eigenvalue weighted by Gasteiger charge is 2.28. The number of ether oxygens (including phenoxy) is 2. The zero-order chi connectivity index (χ0) is 16.7. The predicted molar refractivity (Wildman–Crippen MR) is 88.5 cm³/mol. The number of allylic oxidation sites excluding steroid dienone is 2. The summed E-state index contributed by atoms with van der Waals surface area (Å²) in [5.41, 5.74) is 6.50. The summed E-state index contributed by atoms with van der Waals surface area (Å²) in [6.45, 7) is 2.50. The molecule has 1 fully saturated rings. The molecule has 130 valence electrons. The van der Waals surface area contributed by atoms with Gasteiger partial charge >= 0.3 is 5.97 Å². The molecule has 0 aromatic heterocycles. The molecule has 0 saturated heterocycles. The summed E-state index contributed by atoms with van der Waals surface area (Å²) in [5.74, 6) is 0.849. The molecular formula is C18H29NO4. The molecule has 0 radical (unpaired) electrons. The molecule has 2 aliphatic carbocycles. The highest BCUT2D eigenvalue weighted by atomic mass is 16.5. The molecule has 5 nitrogen and oxygen atoms in total. The lowest BCUT2D eigenvalue weighted by molar-refractivity contribution is -0.152. The van der Waals surface area contributed by atoms with Gasteiger partial charge in [-0.05, 0) is 62.8 Å². The van der Waals surface area contributed by atoms with Crippen LogP contribution in [0.25, 0.3) is 0 Å². The number of carbonyl (C=O) groups is 1. The Balaban J connectivity index is 1.88. The average Bonchev–Trinajstić information content (AvgIpc) is 2.54. The number of hydrogen-bond donors (Lipinski definition) is 2. The van der Waals surface area contributed by atoms with E-state index in [-0.39, 0.29) is 18.0 Å². The van der Waals surface area contributed by atoms with Gasteiger partial charge in [0.15, 0.2) is 0 Å². The van der Waals surface area contributed by atoms with Gasteiger partial charge in [0.2, 0.25) is 0 Å². The Hall–Kier alpha value is -1.33. The van der Waals surface area contributed by atoms with Gasteiger partial charge in [0.1, 0.15) is 11.9 Å². The van der Waals surface area contributed by atoms with Gasteiger partial charge in [-0.2, -0.15) is 0 Å². The molecule has 2 rings (SSSR count). The minimum atomic E-state index is -0.476. The second-order valence-electron chi connectivity index (χ2n) is 6.46. The van der Waals surface area contributed by atoms with E-state index >= 15 is 0 Å². The molecule has 0 spiro atoms. The van der Waals surface area contributed by atoms with Crippen LogP contribution in [0.15, 0.2) is 23.5 Å². The topological polar surface area (TPSA) is 81.8 Å². The standard InChI is InChI=1S/C18H29NO4/c1-13(20)23-18-8-3-2-5-15(18)12-22-16-7-4-6-14(11-16)17(21)9-10-19/h7,11,15,17-18,21H,2-6,8-10,12,19H2,1H3/t15-,17-,18-/m1/s1. The van der Waals surface area contributed by atoms with Crippen molar-refractivity contribution in [3.05, 3.63) is 23.5 Å². The first kappa shape index (κ1) is 18.0. The Morgan fingerprint density at radius 3 is 2.96 bits per heavy atom. The van der Waals surface area contributed by atoms with E-state index in [2.05, 4.69) is 6.08 Å². The van der Waals surface area contributed by atoms with Crippen LogP contribution in [-0.4, -0.2) is 36.4 Å². The Bertz CT molecular complexity index is 458. The van der Waals surface area contributed by atoms with Crippen molar-refractivity contribution < 1.29 is 19.4 Å². The third-order valence-corrected chi connectivity index (χ3v) is 4.60. The van der Waals surface area contributed by atoms with Crippen molar-refractivity contribution in [3.8, 4) is 0 Å². The van der Waals surface area contributed by atoms with Crippen molar-refractivity contribution in [3.63, 3.8) is 0 Å². The van der Waals surface area contributed by atoms with Crippen molar-refractivity contribution in [1.82, 2.24) is 0 Å². The van der Waals surface area contributed by atoms with E-state index in [9.17, 15) is 9.90 Å². The highest BCUT2D eigenvalue weighted by Crippen LogP contribution is 2.29. The van der Waals surface area contributed by atoms with Gasteiger partial charge in [0.05, 0.1) is 12.7 Å². The Kier molecular flexibility index (Phi) is 7.12. The summed E-state index contributed by atoms with van der Waals surface area (Å²) < 4.78 is 11.4. The molecule has 23 heavy (non-hydrogen) atoms. The minimum absolute atomic E-state index is 0.0308. The maximum Gasteiger partial charge on any atom is 0.302 e. The van der Waals surface area contributed by atoms with Crippen LogP contribution in [0, 0.1) is 5.92 Å². The summed E-state index contributed by atoms with van der Waals surface area (Å²) in [6, 6.07) is 0. The highest BCUT2D eigenvalue weighted by molar-refractivity contribution is 5.66. The number of nitrogens with two attached hydrogens (primary N) is 1. The van der Waals surface area contributed by atoms with Gasteiger partial charge in [0.25, 0.3) is 0 Å². The second-order valence-corrected chi connectivity index (χ2v) is 6.46. The van der Waals surface area contributed by atoms with Gasteiger partial charge in [-0.3, -0.25) is 4.79 Å². The first-order chi connectivity index (χ1) is 11.1. The fraction of sp³-hybridized carbons (Fsp3) is 0.722. The van der Waals surface area contributed by atoms with Crippen LogP contribution in [0.5, 0.6) is 0 Å².